The molecule has 0 aromatic carbocycles. The molecule has 7 nitrogen and oxygen atoms in total. The molecule has 2 aromatic heterocycles. The zero-order valence-corrected chi connectivity index (χ0v) is 18.2. The number of ether oxygens (including phenoxy) is 1. The van der Waals surface area contributed by atoms with E-state index in [1.807, 2.05) is 13.1 Å². The van der Waals surface area contributed by atoms with Crippen molar-refractivity contribution in [2.45, 2.75) is 45.2 Å². The van der Waals surface area contributed by atoms with Crippen LogP contribution in [0.4, 0.5) is 5.82 Å². The number of nitrogen functional groups attached to an aromatic ring is 1. The minimum atomic E-state index is -0.234. The van der Waals surface area contributed by atoms with E-state index in [1.165, 1.54) is 6.33 Å². The van der Waals surface area contributed by atoms with Crippen molar-refractivity contribution < 1.29 is 35.4 Å². The van der Waals surface area contributed by atoms with Crippen molar-refractivity contribution in [3.8, 4) is 0 Å². The molecule has 2 aromatic rings. The summed E-state index contributed by atoms with van der Waals surface area (Å²) in [5.74, 6) is 0.468. The van der Waals surface area contributed by atoms with Crippen molar-refractivity contribution in [3.63, 3.8) is 0 Å². The van der Waals surface area contributed by atoms with E-state index >= 15 is 0 Å². The fourth-order valence-electron chi connectivity index (χ4n) is 3.02. The van der Waals surface area contributed by atoms with E-state index in [2.05, 4.69) is 27.2 Å². The van der Waals surface area contributed by atoms with E-state index in [9.17, 15) is 4.79 Å². The molecule has 0 aliphatic carbocycles. The van der Waals surface area contributed by atoms with Crippen molar-refractivity contribution >= 4 is 22.8 Å². The molecule has 0 saturated carbocycles. The van der Waals surface area contributed by atoms with Crippen LogP contribution in [-0.4, -0.2) is 33.6 Å². The van der Waals surface area contributed by atoms with Crippen molar-refractivity contribution in [1.29, 1.82) is 0 Å². The normalized spacial score (nSPS) is 20.9. The molecule has 0 amide bonds. The van der Waals surface area contributed by atoms with E-state index < -0.39 is 0 Å². The number of carbonyl (C=O) groups excluding carboxylic acids is 1. The maximum absolute atomic E-state index is 11.8. The van der Waals surface area contributed by atoms with Crippen LogP contribution in [0, 0.1) is 12.3 Å². The Morgan fingerprint density at radius 2 is 2.28 bits per heavy atom. The summed E-state index contributed by atoms with van der Waals surface area (Å²) in [7, 11) is 0. The third-order valence-corrected chi connectivity index (χ3v) is 4.63. The van der Waals surface area contributed by atoms with Crippen LogP contribution in [0.2, 0.25) is 0 Å². The Bertz CT molecular complexity index is 720. The van der Waals surface area contributed by atoms with E-state index in [4.69, 9.17) is 10.5 Å². The van der Waals surface area contributed by atoms with Gasteiger partial charge in [-0.1, -0.05) is 20.3 Å². The molecule has 4 N–H and O–H groups in total. The van der Waals surface area contributed by atoms with E-state index in [-0.39, 0.29) is 49.8 Å². The number of carbonyl (C=O) groups is 1. The van der Waals surface area contributed by atoms with Crippen LogP contribution in [0.3, 0.4) is 0 Å². The molecule has 3 unspecified atom stereocenters. The molecule has 3 atom stereocenters. The number of anilines is 1. The minimum Gasteiger partial charge on any atom is -0.487 e. The molecule has 1 fully saturated rings. The second-order valence-corrected chi connectivity index (χ2v) is 6.40. The molecule has 3 rings (SSSR count). The number of rotatable bonds is 6. The molecule has 25 heavy (non-hydrogen) atoms. The Balaban J connectivity index is 0.00000225. The Labute approximate surface area is 166 Å². The molecule has 0 bridgehead atoms. The molecule has 1 aliphatic rings. The number of fused-ring (bicyclic) bond motifs is 1. The van der Waals surface area contributed by atoms with Gasteiger partial charge in [0, 0.05) is 49.7 Å². The van der Waals surface area contributed by atoms with Gasteiger partial charge >= 0.3 is 0 Å². The first-order valence-corrected chi connectivity index (χ1v) is 8.43. The summed E-state index contributed by atoms with van der Waals surface area (Å²) in [5.41, 5.74) is 8.57. The van der Waals surface area contributed by atoms with Gasteiger partial charge in [-0.25, -0.2) is 9.97 Å². The van der Waals surface area contributed by atoms with Gasteiger partial charge in [0.25, 0.3) is 0 Å². The summed E-state index contributed by atoms with van der Waals surface area (Å²) in [4.78, 5) is 23.2. The predicted octanol–water partition coefficient (Wildman–Crippen LogP) is 2.12. The smallest absolute Gasteiger partial charge is 0.167 e. The first-order chi connectivity index (χ1) is 11.6. The number of hydrogen-bond donors (Lipinski definition) is 3. The van der Waals surface area contributed by atoms with Crippen LogP contribution in [0.25, 0.3) is 11.0 Å². The van der Waals surface area contributed by atoms with Gasteiger partial charge < -0.3 is 20.8 Å². The summed E-state index contributed by atoms with van der Waals surface area (Å²) < 4.78 is 5.36. The van der Waals surface area contributed by atoms with Gasteiger partial charge in [-0.3, -0.25) is 11.2 Å². The Morgan fingerprint density at radius 1 is 1.48 bits per heavy atom. The van der Waals surface area contributed by atoms with Gasteiger partial charge in [-0.05, 0) is 12.8 Å². The Kier molecular flexibility index (Phi) is 7.01. The number of aromatic nitrogens is 3. The maximum atomic E-state index is 11.8. The molecule has 1 aliphatic heterocycles. The van der Waals surface area contributed by atoms with E-state index in [0.29, 0.717) is 12.4 Å². The molecule has 3 heterocycles. The third-order valence-electron chi connectivity index (χ3n) is 4.63. The van der Waals surface area contributed by atoms with Crippen LogP contribution in [0.1, 0.15) is 44.7 Å². The number of hydrogen-bond acceptors (Lipinski definition) is 6. The van der Waals surface area contributed by atoms with Crippen molar-refractivity contribution in [2.24, 2.45) is 5.92 Å². The van der Waals surface area contributed by atoms with Gasteiger partial charge in [0.2, 0.25) is 0 Å². The van der Waals surface area contributed by atoms with Gasteiger partial charge in [0.05, 0.1) is 5.52 Å². The SMILES string of the molecule is CCC(C)[CH-]C(=O)OCC1CCC(c2c[nH]c3c(N)ncnc23)N1.[Hf]. The summed E-state index contributed by atoms with van der Waals surface area (Å²) in [6, 6.07) is 0.337. The number of nitrogens with two attached hydrogens (primary N) is 1. The number of nitrogens with zero attached hydrogens (tertiary/aromatic N) is 2. The minimum absolute atomic E-state index is 0. The van der Waals surface area contributed by atoms with Gasteiger partial charge in [0.1, 0.15) is 18.5 Å². The molecule has 1 saturated heterocycles. The number of H-pyrrole nitrogens is 1. The molecule has 0 radical (unpaired) electrons. The van der Waals surface area contributed by atoms with Crippen LogP contribution >= 0.6 is 0 Å². The number of aromatic amines is 1. The second kappa shape index (κ2) is 8.80. The largest absolute Gasteiger partial charge is 0.487 e. The second-order valence-electron chi connectivity index (χ2n) is 6.40. The Hall–Kier alpha value is -1.41. The fraction of sp³-hybridized carbons (Fsp3) is 0.529. The van der Waals surface area contributed by atoms with Crippen LogP contribution < -0.4 is 11.1 Å². The zero-order chi connectivity index (χ0) is 17.1. The number of esters is 1. The third kappa shape index (κ3) is 4.61. The standard InChI is InChI=1S/C17H24N5O2.Hf/c1-3-10(2)6-14(23)24-8-11-4-5-13(22-11)12-7-19-16-15(12)20-9-21-17(16)18;/h6-7,9-11,13,19,22H,3-5,8H2,1-2H3,(H2,18,20,21);/q-1;. The van der Waals surface area contributed by atoms with Crippen molar-refractivity contribution in [3.05, 3.63) is 24.5 Å². The molecular weight excluding hydrogens is 485 g/mol. The average molecular weight is 509 g/mol. The molecule has 8 heteroatoms. The molecule has 0 spiro atoms. The van der Waals surface area contributed by atoms with Crippen LogP contribution in [0.15, 0.2) is 12.5 Å². The quantitative estimate of drug-likeness (QED) is 0.314. The van der Waals surface area contributed by atoms with Gasteiger partial charge in [-0.15, -0.1) is 5.92 Å². The topological polar surface area (TPSA) is 106 Å². The average Bonchev–Trinajstić information content (AvgIpc) is 3.19. The summed E-state index contributed by atoms with van der Waals surface area (Å²) in [6.07, 6.45) is 7.91. The maximum Gasteiger partial charge on any atom is 0.167 e. The van der Waals surface area contributed by atoms with E-state index in [1.54, 1.807) is 6.42 Å². The summed E-state index contributed by atoms with van der Waals surface area (Å²) in [6.45, 7) is 4.45. The molecular formula is C17H24HfN5O2-. The van der Waals surface area contributed by atoms with Gasteiger partial charge in [-0.2, -0.15) is 0 Å². The first kappa shape index (κ1) is 19.9. The summed E-state index contributed by atoms with van der Waals surface area (Å²) >= 11 is 0. The zero-order valence-electron chi connectivity index (χ0n) is 14.6. The molecule has 134 valence electrons. The summed E-state index contributed by atoms with van der Waals surface area (Å²) in [5, 5.41) is 3.52. The van der Waals surface area contributed by atoms with Crippen molar-refractivity contribution in [2.75, 3.05) is 12.3 Å². The fourth-order valence-corrected chi connectivity index (χ4v) is 3.02. The van der Waals surface area contributed by atoms with Crippen molar-refractivity contribution in [1.82, 2.24) is 20.3 Å². The first-order valence-electron chi connectivity index (χ1n) is 8.43. The van der Waals surface area contributed by atoms with Gasteiger partial charge in [0.15, 0.2) is 11.8 Å². The predicted molar refractivity (Wildman–Crippen MR) is 91.9 cm³/mol. The monoisotopic (exact) mass is 510 g/mol. The van der Waals surface area contributed by atoms with E-state index in [0.717, 1.165) is 35.9 Å². The Morgan fingerprint density at radius 3 is 3.04 bits per heavy atom. The number of nitrogens with one attached hydrogen (secondary N) is 2. The van der Waals surface area contributed by atoms with Crippen LogP contribution in [-0.2, 0) is 35.4 Å². The van der Waals surface area contributed by atoms with Crippen LogP contribution in [0.5, 0.6) is 0 Å².